The summed E-state index contributed by atoms with van der Waals surface area (Å²) in [6.07, 6.45) is 3.50. The van der Waals surface area contributed by atoms with Crippen molar-refractivity contribution in [1.82, 2.24) is 19.2 Å². The van der Waals surface area contributed by atoms with Gasteiger partial charge in [-0.3, -0.25) is 4.79 Å². The zero-order valence-corrected chi connectivity index (χ0v) is 18.1. The molecule has 0 spiro atoms. The maximum Gasteiger partial charge on any atom is 0.276 e. The fourth-order valence-corrected chi connectivity index (χ4v) is 3.69. The molecule has 0 atom stereocenters. The average molecular weight is 426 g/mol. The molecule has 7 heteroatoms. The molecule has 0 fully saturated rings. The van der Waals surface area contributed by atoms with Gasteiger partial charge >= 0.3 is 0 Å². The van der Waals surface area contributed by atoms with E-state index in [-0.39, 0.29) is 5.56 Å². The summed E-state index contributed by atoms with van der Waals surface area (Å²) in [5.41, 5.74) is 4.74. The van der Waals surface area contributed by atoms with Crippen molar-refractivity contribution in [3.05, 3.63) is 94.4 Å². The minimum absolute atomic E-state index is 0.139. The highest BCUT2D eigenvalue weighted by Crippen LogP contribution is 2.30. The number of nitrogens with zero attached hydrogens (tertiary/aromatic N) is 4. The van der Waals surface area contributed by atoms with Gasteiger partial charge in [-0.1, -0.05) is 42.0 Å². The van der Waals surface area contributed by atoms with Crippen LogP contribution >= 0.6 is 0 Å². The van der Waals surface area contributed by atoms with Crippen LogP contribution in [0.4, 0.5) is 0 Å². The van der Waals surface area contributed by atoms with Crippen molar-refractivity contribution in [1.29, 1.82) is 0 Å². The molecule has 7 nitrogen and oxygen atoms in total. The predicted octanol–water partition coefficient (Wildman–Crippen LogP) is 4.49. The largest absolute Gasteiger partial charge is 0.496 e. The standard InChI is InChI=1S/C25H22N4O3/c1-16-8-10-18(11-9-16)20-14-22-25(30)28(12-13-29(22)27-20)15-21-17(2)32-24(26-21)19-6-4-5-7-23(19)31-3/h4-14H,15H2,1-3H3. The molecule has 0 bridgehead atoms. The predicted molar refractivity (Wildman–Crippen MR) is 122 cm³/mol. The molecular formula is C25H22N4O3. The van der Waals surface area contributed by atoms with Crippen LogP contribution < -0.4 is 10.3 Å². The molecule has 5 aromatic rings. The van der Waals surface area contributed by atoms with Crippen molar-refractivity contribution in [2.24, 2.45) is 0 Å². The lowest BCUT2D eigenvalue weighted by molar-refractivity contribution is 0.414. The molecule has 0 N–H and O–H groups in total. The number of benzene rings is 2. The summed E-state index contributed by atoms with van der Waals surface area (Å²) in [5.74, 6) is 1.81. The number of oxazole rings is 1. The van der Waals surface area contributed by atoms with Gasteiger partial charge in [0.15, 0.2) is 0 Å². The van der Waals surface area contributed by atoms with E-state index < -0.39 is 0 Å². The van der Waals surface area contributed by atoms with Gasteiger partial charge in [0.05, 0.1) is 24.9 Å². The second-order valence-electron chi connectivity index (χ2n) is 7.68. The zero-order valence-electron chi connectivity index (χ0n) is 18.1. The molecule has 0 radical (unpaired) electrons. The SMILES string of the molecule is COc1ccccc1-c1nc(Cn2ccn3nc(-c4ccc(C)cc4)cc3c2=O)c(C)o1. The Hall–Kier alpha value is -4.13. The quantitative estimate of drug-likeness (QED) is 0.414. The Morgan fingerprint density at radius 1 is 1.03 bits per heavy atom. The lowest BCUT2D eigenvalue weighted by Crippen LogP contribution is -2.22. The van der Waals surface area contributed by atoms with Gasteiger partial charge in [-0.05, 0) is 32.0 Å². The van der Waals surface area contributed by atoms with Crippen LogP contribution in [0.15, 0.2) is 76.2 Å². The summed E-state index contributed by atoms with van der Waals surface area (Å²) >= 11 is 0. The Labute approximate surface area is 184 Å². The van der Waals surface area contributed by atoms with Crippen LogP contribution in [-0.2, 0) is 6.54 Å². The number of aryl methyl sites for hydroxylation is 2. The Morgan fingerprint density at radius 3 is 2.59 bits per heavy atom. The van der Waals surface area contributed by atoms with Gasteiger partial charge in [0.25, 0.3) is 5.56 Å². The Kier molecular flexibility index (Phi) is 4.86. The van der Waals surface area contributed by atoms with E-state index in [1.54, 1.807) is 28.6 Å². The van der Waals surface area contributed by atoms with Gasteiger partial charge in [0.2, 0.25) is 5.89 Å². The van der Waals surface area contributed by atoms with Crippen LogP contribution in [0.3, 0.4) is 0 Å². The van der Waals surface area contributed by atoms with E-state index >= 15 is 0 Å². The topological polar surface area (TPSA) is 74.6 Å². The first-order valence-electron chi connectivity index (χ1n) is 10.3. The highest BCUT2D eigenvalue weighted by molar-refractivity contribution is 5.66. The summed E-state index contributed by atoms with van der Waals surface area (Å²) in [6.45, 7) is 4.18. The first kappa shape index (κ1) is 19.8. The first-order chi connectivity index (χ1) is 15.5. The lowest BCUT2D eigenvalue weighted by Gasteiger charge is -2.04. The van der Waals surface area contributed by atoms with Crippen LogP contribution in [0.1, 0.15) is 17.0 Å². The molecule has 0 saturated carbocycles. The number of aromatic nitrogens is 4. The van der Waals surface area contributed by atoms with Crippen LogP contribution in [0.25, 0.3) is 28.2 Å². The van der Waals surface area contributed by atoms with E-state index in [0.717, 1.165) is 16.8 Å². The van der Waals surface area contributed by atoms with Crippen molar-refractivity contribution in [2.75, 3.05) is 7.11 Å². The normalized spacial score (nSPS) is 11.2. The number of para-hydroxylation sites is 1. The first-order valence-corrected chi connectivity index (χ1v) is 10.3. The number of rotatable bonds is 5. The summed E-state index contributed by atoms with van der Waals surface area (Å²) < 4.78 is 14.5. The number of hydrogen-bond acceptors (Lipinski definition) is 5. The third-order valence-electron chi connectivity index (χ3n) is 5.50. The molecular weight excluding hydrogens is 404 g/mol. The zero-order chi connectivity index (χ0) is 22.2. The minimum atomic E-state index is -0.139. The lowest BCUT2D eigenvalue weighted by atomic mass is 10.1. The van der Waals surface area contributed by atoms with E-state index in [2.05, 4.69) is 10.1 Å². The molecule has 0 amide bonds. The molecule has 160 valence electrons. The molecule has 3 heterocycles. The minimum Gasteiger partial charge on any atom is -0.496 e. The fraction of sp³-hybridized carbons (Fsp3) is 0.160. The van der Waals surface area contributed by atoms with Crippen molar-refractivity contribution >= 4 is 5.52 Å². The molecule has 0 saturated heterocycles. The highest BCUT2D eigenvalue weighted by atomic mass is 16.5. The molecule has 0 aliphatic heterocycles. The van der Waals surface area contributed by atoms with Crippen molar-refractivity contribution in [2.45, 2.75) is 20.4 Å². The molecule has 2 aromatic carbocycles. The highest BCUT2D eigenvalue weighted by Gasteiger charge is 2.16. The van der Waals surface area contributed by atoms with Crippen LogP contribution in [-0.4, -0.2) is 26.3 Å². The van der Waals surface area contributed by atoms with Gasteiger partial charge in [-0.15, -0.1) is 0 Å². The van der Waals surface area contributed by atoms with E-state index in [0.29, 0.717) is 35.2 Å². The third kappa shape index (κ3) is 3.47. The maximum atomic E-state index is 13.1. The smallest absolute Gasteiger partial charge is 0.276 e. The monoisotopic (exact) mass is 426 g/mol. The van der Waals surface area contributed by atoms with E-state index in [9.17, 15) is 4.79 Å². The number of hydrogen-bond donors (Lipinski definition) is 0. The molecule has 0 unspecified atom stereocenters. The van der Waals surface area contributed by atoms with E-state index in [1.165, 1.54) is 5.56 Å². The van der Waals surface area contributed by atoms with Gasteiger partial charge in [-0.25, -0.2) is 9.50 Å². The Morgan fingerprint density at radius 2 is 1.81 bits per heavy atom. The van der Waals surface area contributed by atoms with Crippen molar-refractivity contribution in [3.63, 3.8) is 0 Å². The average Bonchev–Trinajstić information content (AvgIpc) is 3.40. The van der Waals surface area contributed by atoms with Gasteiger partial charge < -0.3 is 13.7 Å². The van der Waals surface area contributed by atoms with Crippen molar-refractivity contribution in [3.8, 4) is 28.5 Å². The molecule has 0 aliphatic carbocycles. The van der Waals surface area contributed by atoms with Crippen molar-refractivity contribution < 1.29 is 9.15 Å². The number of methoxy groups -OCH3 is 1. The van der Waals surface area contributed by atoms with E-state index in [1.807, 2.05) is 68.4 Å². The fourth-order valence-electron chi connectivity index (χ4n) is 3.69. The maximum absolute atomic E-state index is 13.1. The van der Waals surface area contributed by atoms with Gasteiger partial charge in [-0.2, -0.15) is 5.10 Å². The summed E-state index contributed by atoms with van der Waals surface area (Å²) in [4.78, 5) is 17.8. The van der Waals surface area contributed by atoms with Gasteiger partial charge in [0, 0.05) is 18.0 Å². The second kappa shape index (κ2) is 7.85. The van der Waals surface area contributed by atoms with Gasteiger partial charge in [0.1, 0.15) is 22.7 Å². The van der Waals surface area contributed by atoms with Crippen LogP contribution in [0.5, 0.6) is 5.75 Å². The van der Waals surface area contributed by atoms with Crippen LogP contribution in [0.2, 0.25) is 0 Å². The van der Waals surface area contributed by atoms with Crippen LogP contribution in [0, 0.1) is 13.8 Å². The number of fused-ring (bicyclic) bond motifs is 1. The summed E-state index contributed by atoms with van der Waals surface area (Å²) in [5, 5.41) is 4.56. The van der Waals surface area contributed by atoms with E-state index in [4.69, 9.17) is 9.15 Å². The molecule has 3 aromatic heterocycles. The summed E-state index contributed by atoms with van der Waals surface area (Å²) in [6, 6.07) is 17.4. The summed E-state index contributed by atoms with van der Waals surface area (Å²) in [7, 11) is 1.61. The Bertz CT molecular complexity index is 1480. The Balaban J connectivity index is 1.49. The molecule has 32 heavy (non-hydrogen) atoms. The molecule has 0 aliphatic rings. The third-order valence-corrected chi connectivity index (χ3v) is 5.50. The molecule has 5 rings (SSSR count). The second-order valence-corrected chi connectivity index (χ2v) is 7.68. The number of ether oxygens (including phenoxy) is 1.